The predicted molar refractivity (Wildman–Crippen MR) is 116 cm³/mol. The fraction of sp³-hybridized carbons (Fsp3) is 0.320. The molecule has 2 aromatic rings. The smallest absolute Gasteiger partial charge is 0.254 e. The fourth-order valence-electron chi connectivity index (χ4n) is 5.38. The summed E-state index contributed by atoms with van der Waals surface area (Å²) < 4.78 is 0. The Morgan fingerprint density at radius 1 is 0.968 bits per heavy atom. The second-order valence-corrected chi connectivity index (χ2v) is 8.48. The first-order valence-electron chi connectivity index (χ1n) is 10.8. The minimum Gasteiger partial charge on any atom is -0.384 e. The summed E-state index contributed by atoms with van der Waals surface area (Å²) in [7, 11) is 0. The van der Waals surface area contributed by atoms with E-state index in [0.717, 1.165) is 37.7 Å². The first kappa shape index (κ1) is 19.4. The number of fused-ring (bicyclic) bond motifs is 2. The van der Waals surface area contributed by atoms with Gasteiger partial charge in [-0.25, -0.2) is 0 Å². The Morgan fingerprint density at radius 2 is 1.65 bits per heavy atom. The number of hydrogen-bond acceptors (Lipinski definition) is 4. The second kappa shape index (κ2) is 7.28. The highest BCUT2D eigenvalue weighted by Gasteiger charge is 2.65. The van der Waals surface area contributed by atoms with E-state index < -0.39 is 5.41 Å². The van der Waals surface area contributed by atoms with Crippen LogP contribution in [0, 0.1) is 11.3 Å². The Hall–Kier alpha value is -3.59. The number of anilines is 1. The van der Waals surface area contributed by atoms with Gasteiger partial charge >= 0.3 is 0 Å². The lowest BCUT2D eigenvalue weighted by atomic mass is 9.76. The van der Waals surface area contributed by atoms with E-state index in [2.05, 4.69) is 6.07 Å². The van der Waals surface area contributed by atoms with E-state index in [-0.39, 0.29) is 29.3 Å². The van der Waals surface area contributed by atoms with Crippen molar-refractivity contribution in [3.63, 3.8) is 0 Å². The molecule has 2 aliphatic heterocycles. The van der Waals surface area contributed by atoms with Gasteiger partial charge in [-0.15, -0.1) is 0 Å². The molecule has 1 spiro atoms. The average molecular weight is 412 g/mol. The normalized spacial score (nSPS) is 23.6. The van der Waals surface area contributed by atoms with Gasteiger partial charge in [0.1, 0.15) is 11.9 Å². The van der Waals surface area contributed by atoms with Crippen LogP contribution in [0.5, 0.6) is 0 Å². The van der Waals surface area contributed by atoms with Gasteiger partial charge in [0.25, 0.3) is 11.8 Å². The molecule has 1 unspecified atom stereocenters. The Bertz CT molecular complexity index is 1130. The van der Waals surface area contributed by atoms with E-state index in [0.29, 0.717) is 17.8 Å². The number of carbonyl (C=O) groups is 2. The summed E-state index contributed by atoms with van der Waals surface area (Å²) in [6.45, 7) is 0.327. The van der Waals surface area contributed by atoms with Crippen molar-refractivity contribution in [1.82, 2.24) is 4.90 Å². The molecule has 2 amide bonds. The van der Waals surface area contributed by atoms with Crippen molar-refractivity contribution in [2.75, 3.05) is 4.90 Å². The number of rotatable bonds is 3. The fourth-order valence-corrected chi connectivity index (χ4v) is 5.38. The van der Waals surface area contributed by atoms with Crippen molar-refractivity contribution in [1.29, 1.82) is 5.26 Å². The number of hydrogen-bond donors (Lipinski definition) is 1. The third-order valence-corrected chi connectivity index (χ3v) is 6.83. The van der Waals surface area contributed by atoms with E-state index in [1.165, 1.54) is 0 Å². The number of amides is 2. The SMILES string of the molecule is N#CC1=C(N)N(C2CCCCC2)C(=O)C12C(=O)N(Cc1ccccc1)c1ccccc12. The molecular weight excluding hydrogens is 388 g/mol. The summed E-state index contributed by atoms with van der Waals surface area (Å²) in [4.78, 5) is 31.1. The maximum absolute atomic E-state index is 14.0. The number of nitrogens with two attached hydrogens (primary N) is 1. The third-order valence-electron chi connectivity index (χ3n) is 6.83. The summed E-state index contributed by atoms with van der Waals surface area (Å²) in [6.07, 6.45) is 4.84. The van der Waals surface area contributed by atoms with E-state index in [1.54, 1.807) is 15.9 Å². The molecule has 0 radical (unpaired) electrons. The molecule has 2 heterocycles. The highest BCUT2D eigenvalue weighted by Crippen LogP contribution is 2.52. The molecule has 1 atom stereocenters. The van der Waals surface area contributed by atoms with Gasteiger partial charge in [0, 0.05) is 17.3 Å². The van der Waals surface area contributed by atoms with Gasteiger partial charge in [-0.1, -0.05) is 67.8 Å². The Morgan fingerprint density at radius 3 is 2.35 bits per heavy atom. The molecule has 1 aliphatic carbocycles. The molecule has 156 valence electrons. The number of carbonyl (C=O) groups excluding carboxylic acids is 2. The molecule has 0 aromatic heterocycles. The second-order valence-electron chi connectivity index (χ2n) is 8.48. The number of nitrogens with zero attached hydrogens (tertiary/aromatic N) is 3. The quantitative estimate of drug-likeness (QED) is 0.783. The Balaban J connectivity index is 1.65. The Labute approximate surface area is 181 Å². The van der Waals surface area contributed by atoms with Gasteiger partial charge in [0.05, 0.1) is 12.1 Å². The van der Waals surface area contributed by atoms with Gasteiger partial charge < -0.3 is 10.6 Å². The molecule has 6 heteroatoms. The molecule has 31 heavy (non-hydrogen) atoms. The van der Waals surface area contributed by atoms with E-state index in [1.807, 2.05) is 48.5 Å². The summed E-state index contributed by atoms with van der Waals surface area (Å²) >= 11 is 0. The predicted octanol–water partition coefficient (Wildman–Crippen LogP) is 3.34. The third kappa shape index (κ3) is 2.63. The summed E-state index contributed by atoms with van der Waals surface area (Å²) in [5.74, 6) is -0.620. The minimum atomic E-state index is -1.68. The van der Waals surface area contributed by atoms with Crippen LogP contribution in [-0.4, -0.2) is 22.8 Å². The van der Waals surface area contributed by atoms with E-state index >= 15 is 0 Å². The highest BCUT2D eigenvalue weighted by atomic mass is 16.2. The van der Waals surface area contributed by atoms with Crippen LogP contribution in [0.1, 0.15) is 43.2 Å². The average Bonchev–Trinajstić information content (AvgIpc) is 3.18. The van der Waals surface area contributed by atoms with Crippen molar-refractivity contribution in [3.8, 4) is 6.07 Å². The van der Waals surface area contributed by atoms with Crippen molar-refractivity contribution < 1.29 is 9.59 Å². The zero-order valence-corrected chi connectivity index (χ0v) is 17.3. The maximum atomic E-state index is 14.0. The van der Waals surface area contributed by atoms with Gasteiger partial charge in [-0.05, 0) is 24.5 Å². The first-order valence-corrected chi connectivity index (χ1v) is 10.8. The standard InChI is InChI=1S/C25H24N4O2/c26-15-20-22(27)29(18-11-5-2-6-12-18)24(31)25(20)19-13-7-8-14-21(19)28(23(25)30)16-17-9-3-1-4-10-17/h1,3-4,7-10,13-14,18H,2,5-6,11-12,16,27H2. The number of nitriles is 1. The van der Waals surface area contributed by atoms with E-state index in [9.17, 15) is 14.9 Å². The van der Waals surface area contributed by atoms with Crippen LogP contribution in [0.4, 0.5) is 5.69 Å². The van der Waals surface area contributed by atoms with Crippen LogP contribution >= 0.6 is 0 Å². The molecule has 1 saturated carbocycles. The van der Waals surface area contributed by atoms with Crippen molar-refractivity contribution in [3.05, 3.63) is 77.1 Å². The molecule has 5 rings (SSSR count). The van der Waals surface area contributed by atoms with Gasteiger partial charge in [0.15, 0.2) is 5.41 Å². The van der Waals surface area contributed by atoms with Gasteiger partial charge in [0.2, 0.25) is 0 Å². The molecule has 0 bridgehead atoms. The lowest BCUT2D eigenvalue weighted by Crippen LogP contribution is -2.51. The first-order chi connectivity index (χ1) is 15.1. The molecule has 2 aromatic carbocycles. The van der Waals surface area contributed by atoms with Crippen LogP contribution in [0.25, 0.3) is 0 Å². The molecule has 3 aliphatic rings. The lowest BCUT2D eigenvalue weighted by molar-refractivity contribution is -0.139. The number of benzene rings is 2. The van der Waals surface area contributed by atoms with Crippen LogP contribution < -0.4 is 10.6 Å². The van der Waals surface area contributed by atoms with E-state index in [4.69, 9.17) is 5.73 Å². The number of para-hydroxylation sites is 1. The van der Waals surface area contributed by atoms with Crippen LogP contribution in [-0.2, 0) is 21.5 Å². The molecule has 1 fully saturated rings. The van der Waals surface area contributed by atoms with Crippen LogP contribution in [0.2, 0.25) is 0 Å². The van der Waals surface area contributed by atoms with Crippen LogP contribution in [0.15, 0.2) is 66.0 Å². The zero-order chi connectivity index (χ0) is 21.6. The molecular formula is C25H24N4O2. The molecule has 0 saturated heterocycles. The van der Waals surface area contributed by atoms with Gasteiger partial charge in [-0.3, -0.25) is 14.5 Å². The van der Waals surface area contributed by atoms with Crippen LogP contribution in [0.3, 0.4) is 0 Å². The van der Waals surface area contributed by atoms with Crippen molar-refractivity contribution in [2.24, 2.45) is 5.73 Å². The maximum Gasteiger partial charge on any atom is 0.254 e. The summed E-state index contributed by atoms with van der Waals surface area (Å²) in [5.41, 5.74) is 6.97. The van der Waals surface area contributed by atoms with Gasteiger partial charge in [-0.2, -0.15) is 5.26 Å². The zero-order valence-electron chi connectivity index (χ0n) is 17.3. The largest absolute Gasteiger partial charge is 0.384 e. The highest BCUT2D eigenvalue weighted by molar-refractivity contribution is 6.26. The summed E-state index contributed by atoms with van der Waals surface area (Å²) in [6, 6.07) is 19.0. The lowest BCUT2D eigenvalue weighted by Gasteiger charge is -2.33. The Kier molecular flexibility index (Phi) is 4.55. The monoisotopic (exact) mass is 412 g/mol. The summed E-state index contributed by atoms with van der Waals surface area (Å²) in [5, 5.41) is 10.1. The van der Waals surface area contributed by atoms with Crippen molar-refractivity contribution >= 4 is 17.5 Å². The topological polar surface area (TPSA) is 90.4 Å². The molecule has 2 N–H and O–H groups in total. The minimum absolute atomic E-state index is 0.0629. The van der Waals surface area contributed by atoms with Crippen molar-refractivity contribution in [2.45, 2.75) is 50.1 Å². The molecule has 6 nitrogen and oxygen atoms in total.